The number of nitrogens with one attached hydrogen (secondary N) is 1. The summed E-state index contributed by atoms with van der Waals surface area (Å²) in [6.07, 6.45) is 3.57. The van der Waals surface area contributed by atoms with Crippen molar-refractivity contribution in [3.63, 3.8) is 0 Å². The van der Waals surface area contributed by atoms with Gasteiger partial charge in [0.1, 0.15) is 0 Å². The Morgan fingerprint density at radius 2 is 1.96 bits per heavy atom. The molecule has 1 aromatic heterocycles. The quantitative estimate of drug-likeness (QED) is 0.861. The van der Waals surface area contributed by atoms with Crippen LogP contribution in [0, 0.1) is 0 Å². The van der Waals surface area contributed by atoms with Gasteiger partial charge in [-0.1, -0.05) is 51.1 Å². The first kappa shape index (κ1) is 17.1. The van der Waals surface area contributed by atoms with E-state index >= 15 is 0 Å². The molecule has 2 rings (SSSR count). The minimum absolute atomic E-state index is 0.133. The first-order chi connectivity index (χ1) is 10.9. The fourth-order valence-corrected chi connectivity index (χ4v) is 2.23. The molecule has 0 bridgehead atoms. The van der Waals surface area contributed by atoms with Crippen LogP contribution in [0.5, 0.6) is 6.01 Å². The van der Waals surface area contributed by atoms with Crippen LogP contribution in [0.1, 0.15) is 38.4 Å². The van der Waals surface area contributed by atoms with Gasteiger partial charge in [0.2, 0.25) is 0 Å². The van der Waals surface area contributed by atoms with E-state index in [1.54, 1.807) is 6.20 Å². The number of benzene rings is 1. The molecule has 0 aliphatic carbocycles. The second kappa shape index (κ2) is 7.31. The largest absolute Gasteiger partial charge is 0.468 e. The number of aromatic nitrogens is 2. The molecule has 1 amide bonds. The van der Waals surface area contributed by atoms with E-state index in [1.165, 1.54) is 17.2 Å². The SMILES string of the molecule is COc1nc(C(C)(C)C)cn1C(=O)NCCCc1ccccc1. The van der Waals surface area contributed by atoms with Crippen LogP contribution in [-0.2, 0) is 11.8 Å². The minimum Gasteiger partial charge on any atom is -0.468 e. The van der Waals surface area contributed by atoms with Crippen LogP contribution < -0.4 is 10.1 Å². The van der Waals surface area contributed by atoms with Crippen molar-refractivity contribution in [3.8, 4) is 6.01 Å². The van der Waals surface area contributed by atoms with E-state index in [0.29, 0.717) is 12.6 Å². The molecular formula is C18H25N3O2. The zero-order valence-corrected chi connectivity index (χ0v) is 14.3. The van der Waals surface area contributed by atoms with E-state index in [9.17, 15) is 4.79 Å². The number of ether oxygens (including phenoxy) is 1. The van der Waals surface area contributed by atoms with E-state index in [4.69, 9.17) is 4.74 Å². The predicted octanol–water partition coefficient (Wildman–Crippen LogP) is 3.38. The summed E-state index contributed by atoms with van der Waals surface area (Å²) in [4.78, 5) is 16.7. The van der Waals surface area contributed by atoms with E-state index < -0.39 is 0 Å². The van der Waals surface area contributed by atoms with Gasteiger partial charge in [-0.2, -0.15) is 4.98 Å². The zero-order valence-electron chi connectivity index (χ0n) is 14.3. The fourth-order valence-electron chi connectivity index (χ4n) is 2.23. The van der Waals surface area contributed by atoms with Crippen LogP contribution in [0.3, 0.4) is 0 Å². The lowest BCUT2D eigenvalue weighted by Gasteiger charge is -2.13. The van der Waals surface area contributed by atoms with E-state index in [2.05, 4.69) is 43.2 Å². The lowest BCUT2D eigenvalue weighted by atomic mass is 9.93. The van der Waals surface area contributed by atoms with Crippen molar-refractivity contribution in [1.29, 1.82) is 0 Å². The summed E-state index contributed by atoms with van der Waals surface area (Å²) in [7, 11) is 1.52. The lowest BCUT2D eigenvalue weighted by Crippen LogP contribution is -2.29. The molecule has 0 saturated carbocycles. The first-order valence-corrected chi connectivity index (χ1v) is 7.88. The third-order valence-corrected chi connectivity index (χ3v) is 3.60. The monoisotopic (exact) mass is 315 g/mol. The number of aryl methyl sites for hydroxylation is 1. The predicted molar refractivity (Wildman–Crippen MR) is 91.0 cm³/mol. The smallest absolute Gasteiger partial charge is 0.329 e. The molecule has 23 heavy (non-hydrogen) atoms. The Morgan fingerprint density at radius 1 is 1.26 bits per heavy atom. The molecule has 0 atom stereocenters. The highest BCUT2D eigenvalue weighted by Gasteiger charge is 2.22. The van der Waals surface area contributed by atoms with Gasteiger partial charge in [0.05, 0.1) is 12.8 Å². The number of rotatable bonds is 5. The van der Waals surface area contributed by atoms with Gasteiger partial charge >= 0.3 is 12.0 Å². The highest BCUT2D eigenvalue weighted by Crippen LogP contribution is 2.23. The van der Waals surface area contributed by atoms with Gasteiger partial charge in [-0.25, -0.2) is 9.36 Å². The molecule has 0 radical (unpaired) electrons. The number of carbonyl (C=O) groups excluding carboxylic acids is 1. The van der Waals surface area contributed by atoms with E-state index in [0.717, 1.165) is 18.5 Å². The summed E-state index contributed by atoms with van der Waals surface area (Å²) in [5.74, 6) is 0. The molecule has 0 aliphatic heterocycles. The highest BCUT2D eigenvalue weighted by molar-refractivity contribution is 5.78. The molecule has 0 aliphatic rings. The number of hydrogen-bond acceptors (Lipinski definition) is 3. The maximum Gasteiger partial charge on any atom is 0.329 e. The van der Waals surface area contributed by atoms with Crippen LogP contribution >= 0.6 is 0 Å². The summed E-state index contributed by atoms with van der Waals surface area (Å²) in [5.41, 5.74) is 1.97. The Bertz CT molecular complexity index is 642. The Balaban J connectivity index is 1.91. The number of hydrogen-bond donors (Lipinski definition) is 1. The molecule has 0 saturated heterocycles. The molecule has 5 heteroatoms. The second-order valence-corrected chi connectivity index (χ2v) is 6.55. The number of methoxy groups -OCH3 is 1. The summed E-state index contributed by atoms with van der Waals surface area (Å²) in [5, 5.41) is 2.91. The van der Waals surface area contributed by atoms with E-state index in [-0.39, 0.29) is 11.4 Å². The number of nitrogens with zero attached hydrogens (tertiary/aromatic N) is 2. The van der Waals surface area contributed by atoms with Crippen molar-refractivity contribution < 1.29 is 9.53 Å². The van der Waals surface area contributed by atoms with Crippen LogP contribution in [0.4, 0.5) is 4.79 Å². The van der Waals surface area contributed by atoms with Crippen LogP contribution in [0.15, 0.2) is 36.5 Å². The van der Waals surface area contributed by atoms with Crippen LogP contribution in [0.2, 0.25) is 0 Å². The van der Waals surface area contributed by atoms with Crippen molar-refractivity contribution in [2.45, 2.75) is 39.0 Å². The third-order valence-electron chi connectivity index (χ3n) is 3.60. The maximum absolute atomic E-state index is 12.3. The van der Waals surface area contributed by atoms with Gasteiger partial charge in [-0.05, 0) is 18.4 Å². The van der Waals surface area contributed by atoms with Gasteiger partial charge in [0.25, 0.3) is 0 Å². The Kier molecular flexibility index (Phi) is 5.42. The summed E-state index contributed by atoms with van der Waals surface area (Å²) in [6, 6.07) is 10.3. The van der Waals surface area contributed by atoms with Crippen molar-refractivity contribution >= 4 is 6.03 Å². The van der Waals surface area contributed by atoms with Gasteiger partial charge in [0.15, 0.2) is 0 Å². The maximum atomic E-state index is 12.3. The normalized spacial score (nSPS) is 11.3. The third kappa shape index (κ3) is 4.58. The van der Waals surface area contributed by atoms with Gasteiger partial charge in [0, 0.05) is 18.2 Å². The molecule has 1 heterocycles. The molecule has 1 N–H and O–H groups in total. The van der Waals surface area contributed by atoms with Crippen molar-refractivity contribution in [2.24, 2.45) is 0 Å². The Morgan fingerprint density at radius 3 is 2.57 bits per heavy atom. The zero-order chi connectivity index (χ0) is 16.9. The Hall–Kier alpha value is -2.30. The van der Waals surface area contributed by atoms with Crippen molar-refractivity contribution in [2.75, 3.05) is 13.7 Å². The fraction of sp³-hybridized carbons (Fsp3) is 0.444. The lowest BCUT2D eigenvalue weighted by molar-refractivity contribution is 0.238. The van der Waals surface area contributed by atoms with Gasteiger partial charge in [-0.3, -0.25) is 0 Å². The van der Waals surface area contributed by atoms with Crippen molar-refractivity contribution in [1.82, 2.24) is 14.9 Å². The number of imidazole rings is 1. The first-order valence-electron chi connectivity index (χ1n) is 7.88. The minimum atomic E-state index is -0.210. The van der Waals surface area contributed by atoms with E-state index in [1.807, 2.05) is 18.2 Å². The molecule has 2 aromatic rings. The average Bonchev–Trinajstić information content (AvgIpc) is 2.97. The molecule has 0 spiro atoms. The van der Waals surface area contributed by atoms with Crippen LogP contribution in [-0.4, -0.2) is 29.2 Å². The number of carbonyl (C=O) groups is 1. The second-order valence-electron chi connectivity index (χ2n) is 6.55. The molecule has 1 aromatic carbocycles. The van der Waals surface area contributed by atoms with Gasteiger partial charge in [-0.15, -0.1) is 0 Å². The Labute approximate surface area is 137 Å². The molecule has 124 valence electrons. The average molecular weight is 315 g/mol. The molecule has 0 unspecified atom stereocenters. The number of amides is 1. The summed E-state index contributed by atoms with van der Waals surface area (Å²) >= 11 is 0. The molecule has 5 nitrogen and oxygen atoms in total. The topological polar surface area (TPSA) is 56.2 Å². The van der Waals surface area contributed by atoms with Crippen molar-refractivity contribution in [3.05, 3.63) is 47.8 Å². The summed E-state index contributed by atoms with van der Waals surface area (Å²) < 4.78 is 6.64. The molecule has 0 fully saturated rings. The van der Waals surface area contributed by atoms with Crippen LogP contribution in [0.25, 0.3) is 0 Å². The standard InChI is InChI=1S/C18H25N3O2/c1-18(2,3)15-13-21(17(20-15)23-4)16(22)19-12-8-11-14-9-6-5-7-10-14/h5-7,9-10,13H,8,11-12H2,1-4H3,(H,19,22). The molecular weight excluding hydrogens is 290 g/mol. The van der Waals surface area contributed by atoms with Gasteiger partial charge < -0.3 is 10.1 Å². The summed E-state index contributed by atoms with van der Waals surface area (Å²) in [6.45, 7) is 6.77. The highest BCUT2D eigenvalue weighted by atomic mass is 16.5.